The molecule has 0 spiro atoms. The van der Waals surface area contributed by atoms with Gasteiger partial charge in [-0.25, -0.2) is 4.98 Å². The summed E-state index contributed by atoms with van der Waals surface area (Å²) in [4.78, 5) is 17.4. The fraction of sp³-hybridized carbons (Fsp3) is 0.100. The van der Waals surface area contributed by atoms with E-state index in [2.05, 4.69) is 26.2 Å². The van der Waals surface area contributed by atoms with Gasteiger partial charge in [-0.1, -0.05) is 51.5 Å². The zero-order valence-electron chi connectivity index (χ0n) is 14.6. The molecule has 4 aromatic rings. The molecule has 3 aromatic carbocycles. The van der Waals surface area contributed by atoms with Crippen LogP contribution in [-0.4, -0.2) is 25.1 Å². The standard InChI is InChI=1S/C20H15BrN2O3S/c1-25-11-9-16(26-2)18-17(10-11)27-20(22-18)23-19(24)14-7-3-6-13-12(14)5-4-8-15(13)21/h3-10H,1-2H3,(H,22,23,24). The van der Waals surface area contributed by atoms with Gasteiger partial charge in [-0.2, -0.15) is 0 Å². The van der Waals surface area contributed by atoms with E-state index < -0.39 is 0 Å². The molecule has 0 aliphatic heterocycles. The van der Waals surface area contributed by atoms with Crippen molar-refractivity contribution in [1.82, 2.24) is 4.98 Å². The first kappa shape index (κ1) is 17.8. The van der Waals surface area contributed by atoms with Gasteiger partial charge in [-0.3, -0.25) is 10.1 Å². The predicted octanol–water partition coefficient (Wildman–Crippen LogP) is 5.48. The molecule has 0 saturated heterocycles. The highest BCUT2D eigenvalue weighted by atomic mass is 79.9. The van der Waals surface area contributed by atoms with E-state index in [-0.39, 0.29) is 5.91 Å². The van der Waals surface area contributed by atoms with Gasteiger partial charge in [-0.15, -0.1) is 0 Å². The number of ether oxygens (including phenoxy) is 2. The molecule has 0 saturated carbocycles. The van der Waals surface area contributed by atoms with Gasteiger partial charge in [0, 0.05) is 16.1 Å². The van der Waals surface area contributed by atoms with Crippen LogP contribution in [0, 0.1) is 0 Å². The first-order valence-electron chi connectivity index (χ1n) is 8.12. The number of methoxy groups -OCH3 is 2. The summed E-state index contributed by atoms with van der Waals surface area (Å²) in [6.45, 7) is 0. The van der Waals surface area contributed by atoms with Crippen LogP contribution in [0.1, 0.15) is 10.4 Å². The maximum atomic E-state index is 12.9. The van der Waals surface area contributed by atoms with Crippen LogP contribution < -0.4 is 14.8 Å². The monoisotopic (exact) mass is 442 g/mol. The molecule has 1 heterocycles. The third-order valence-electron chi connectivity index (χ3n) is 4.22. The molecule has 0 radical (unpaired) electrons. The minimum Gasteiger partial charge on any atom is -0.497 e. The van der Waals surface area contributed by atoms with Gasteiger partial charge in [0.05, 0.1) is 18.9 Å². The smallest absolute Gasteiger partial charge is 0.258 e. The Labute approximate surface area is 168 Å². The first-order chi connectivity index (χ1) is 13.1. The number of aromatic nitrogens is 1. The van der Waals surface area contributed by atoms with Crippen LogP contribution in [-0.2, 0) is 0 Å². The van der Waals surface area contributed by atoms with E-state index in [0.717, 1.165) is 19.9 Å². The maximum Gasteiger partial charge on any atom is 0.258 e. The Kier molecular flexibility index (Phi) is 4.72. The van der Waals surface area contributed by atoms with Gasteiger partial charge in [0.15, 0.2) is 5.13 Å². The molecule has 0 aliphatic rings. The summed E-state index contributed by atoms with van der Waals surface area (Å²) < 4.78 is 12.5. The third-order valence-corrected chi connectivity index (χ3v) is 5.83. The number of nitrogens with one attached hydrogen (secondary N) is 1. The number of thiazole rings is 1. The summed E-state index contributed by atoms with van der Waals surface area (Å²) >= 11 is 4.91. The predicted molar refractivity (Wildman–Crippen MR) is 112 cm³/mol. The summed E-state index contributed by atoms with van der Waals surface area (Å²) in [5, 5.41) is 5.28. The number of carbonyl (C=O) groups is 1. The van der Waals surface area contributed by atoms with Crippen LogP contribution >= 0.6 is 27.3 Å². The number of halogens is 1. The lowest BCUT2D eigenvalue weighted by atomic mass is 10.0. The van der Waals surface area contributed by atoms with E-state index in [4.69, 9.17) is 9.47 Å². The lowest BCUT2D eigenvalue weighted by Crippen LogP contribution is -2.12. The largest absolute Gasteiger partial charge is 0.497 e. The Morgan fingerprint density at radius 3 is 2.63 bits per heavy atom. The van der Waals surface area contributed by atoms with Crippen molar-refractivity contribution in [1.29, 1.82) is 0 Å². The van der Waals surface area contributed by atoms with Crippen molar-refractivity contribution in [2.24, 2.45) is 0 Å². The van der Waals surface area contributed by atoms with Gasteiger partial charge in [0.2, 0.25) is 0 Å². The molecule has 0 unspecified atom stereocenters. The molecule has 27 heavy (non-hydrogen) atoms. The SMILES string of the molecule is COc1cc(OC)c2nc(NC(=O)c3cccc4c(Br)cccc34)sc2c1. The first-order valence-corrected chi connectivity index (χ1v) is 9.73. The zero-order valence-corrected chi connectivity index (χ0v) is 17.0. The number of nitrogens with zero attached hydrogens (tertiary/aromatic N) is 1. The van der Waals surface area contributed by atoms with E-state index in [1.54, 1.807) is 26.4 Å². The second-order valence-corrected chi connectivity index (χ2v) is 7.68. The van der Waals surface area contributed by atoms with Crippen molar-refractivity contribution >= 4 is 59.3 Å². The Balaban J connectivity index is 1.72. The van der Waals surface area contributed by atoms with Crippen LogP contribution in [0.15, 0.2) is 53.0 Å². The quantitative estimate of drug-likeness (QED) is 0.454. The highest BCUT2D eigenvalue weighted by molar-refractivity contribution is 9.10. The molecular weight excluding hydrogens is 428 g/mol. The molecule has 1 aromatic heterocycles. The average molecular weight is 443 g/mol. The molecule has 0 bridgehead atoms. The third kappa shape index (κ3) is 3.24. The minimum absolute atomic E-state index is 0.205. The molecule has 5 nitrogen and oxygen atoms in total. The Morgan fingerprint density at radius 1 is 1.07 bits per heavy atom. The maximum absolute atomic E-state index is 12.9. The van der Waals surface area contributed by atoms with Crippen LogP contribution in [0.25, 0.3) is 21.0 Å². The molecule has 1 amide bonds. The van der Waals surface area contributed by atoms with E-state index in [1.165, 1.54) is 11.3 Å². The number of hydrogen-bond donors (Lipinski definition) is 1. The molecule has 0 aliphatic carbocycles. The number of rotatable bonds is 4. The molecule has 0 atom stereocenters. The summed E-state index contributed by atoms with van der Waals surface area (Å²) in [5.74, 6) is 1.08. The zero-order chi connectivity index (χ0) is 19.0. The van der Waals surface area contributed by atoms with E-state index in [0.29, 0.717) is 27.7 Å². The summed E-state index contributed by atoms with van der Waals surface area (Å²) in [6, 6.07) is 15.1. The number of anilines is 1. The molecule has 0 fully saturated rings. The average Bonchev–Trinajstić information content (AvgIpc) is 3.09. The van der Waals surface area contributed by atoms with Crippen molar-refractivity contribution in [3.05, 3.63) is 58.6 Å². The molecule has 7 heteroatoms. The van der Waals surface area contributed by atoms with E-state index >= 15 is 0 Å². The molecular formula is C20H15BrN2O3S. The summed E-state index contributed by atoms with van der Waals surface area (Å²) in [6.07, 6.45) is 0. The van der Waals surface area contributed by atoms with Crippen molar-refractivity contribution in [3.63, 3.8) is 0 Å². The second kappa shape index (κ2) is 7.17. The summed E-state index contributed by atoms with van der Waals surface area (Å²) in [5.41, 5.74) is 1.29. The minimum atomic E-state index is -0.205. The lowest BCUT2D eigenvalue weighted by Gasteiger charge is -2.07. The van der Waals surface area contributed by atoms with Gasteiger partial charge in [-0.05, 0) is 29.0 Å². The highest BCUT2D eigenvalue weighted by Crippen LogP contribution is 2.36. The number of benzene rings is 3. The summed E-state index contributed by atoms with van der Waals surface area (Å²) in [7, 11) is 3.18. The van der Waals surface area contributed by atoms with Gasteiger partial charge in [0.1, 0.15) is 17.0 Å². The van der Waals surface area contributed by atoms with Crippen LogP contribution in [0.5, 0.6) is 11.5 Å². The highest BCUT2D eigenvalue weighted by Gasteiger charge is 2.16. The number of hydrogen-bond acceptors (Lipinski definition) is 5. The Bertz CT molecular complexity index is 1170. The lowest BCUT2D eigenvalue weighted by molar-refractivity contribution is 0.102. The second-order valence-electron chi connectivity index (χ2n) is 5.79. The number of amides is 1. The van der Waals surface area contributed by atoms with Crippen molar-refractivity contribution < 1.29 is 14.3 Å². The van der Waals surface area contributed by atoms with Crippen molar-refractivity contribution in [2.45, 2.75) is 0 Å². The fourth-order valence-electron chi connectivity index (χ4n) is 2.94. The van der Waals surface area contributed by atoms with Crippen LogP contribution in [0.2, 0.25) is 0 Å². The van der Waals surface area contributed by atoms with Crippen LogP contribution in [0.3, 0.4) is 0 Å². The molecule has 136 valence electrons. The number of fused-ring (bicyclic) bond motifs is 2. The van der Waals surface area contributed by atoms with Gasteiger partial charge in [0.25, 0.3) is 5.91 Å². The van der Waals surface area contributed by atoms with E-state index in [9.17, 15) is 4.79 Å². The van der Waals surface area contributed by atoms with Gasteiger partial charge < -0.3 is 9.47 Å². The molecule has 1 N–H and O–H groups in total. The number of carbonyl (C=O) groups excluding carboxylic acids is 1. The van der Waals surface area contributed by atoms with E-state index in [1.807, 2.05) is 36.4 Å². The Hall–Kier alpha value is -2.64. The Morgan fingerprint density at radius 2 is 1.85 bits per heavy atom. The topological polar surface area (TPSA) is 60.5 Å². The van der Waals surface area contributed by atoms with Crippen molar-refractivity contribution in [3.8, 4) is 11.5 Å². The van der Waals surface area contributed by atoms with Crippen molar-refractivity contribution in [2.75, 3.05) is 19.5 Å². The normalized spacial score (nSPS) is 10.9. The molecule has 4 rings (SSSR count). The fourth-order valence-corrected chi connectivity index (χ4v) is 4.34. The van der Waals surface area contributed by atoms with Gasteiger partial charge >= 0.3 is 0 Å². The van der Waals surface area contributed by atoms with Crippen LogP contribution in [0.4, 0.5) is 5.13 Å².